The fraction of sp³-hybridized carbons (Fsp3) is 0.400. The van der Waals surface area contributed by atoms with E-state index in [2.05, 4.69) is 47.4 Å². The average Bonchev–Trinajstić information content (AvgIpc) is 2.83. The van der Waals surface area contributed by atoms with Crippen molar-refractivity contribution in [2.45, 2.75) is 32.6 Å². The van der Waals surface area contributed by atoms with Crippen LogP contribution in [0.5, 0.6) is 0 Å². The van der Waals surface area contributed by atoms with Gasteiger partial charge in [0.15, 0.2) is 11.6 Å². The summed E-state index contributed by atoms with van der Waals surface area (Å²) in [7, 11) is 2.06. The van der Waals surface area contributed by atoms with Gasteiger partial charge >= 0.3 is 0 Å². The van der Waals surface area contributed by atoms with Crippen LogP contribution >= 0.6 is 0 Å². The van der Waals surface area contributed by atoms with Crippen molar-refractivity contribution < 1.29 is 0 Å². The molecule has 0 fully saturated rings. The predicted octanol–water partition coefficient (Wildman–Crippen LogP) is 3.97. The molecule has 0 atom stereocenters. The van der Waals surface area contributed by atoms with Gasteiger partial charge in [0, 0.05) is 13.5 Å². The summed E-state index contributed by atoms with van der Waals surface area (Å²) in [6.07, 6.45) is 4.71. The van der Waals surface area contributed by atoms with Crippen LogP contribution in [0.2, 0.25) is 0 Å². The third-order valence-electron chi connectivity index (χ3n) is 3.59. The lowest BCUT2D eigenvalue weighted by atomic mass is 10.2. The van der Waals surface area contributed by atoms with Gasteiger partial charge in [-0.05, 0) is 18.6 Å². The lowest BCUT2D eigenvalue weighted by Crippen LogP contribution is -2.17. The highest BCUT2D eigenvalue weighted by atomic mass is 15.3. The molecule has 0 aliphatic carbocycles. The zero-order valence-corrected chi connectivity index (χ0v) is 11.5. The second-order valence-electron chi connectivity index (χ2n) is 5.04. The van der Waals surface area contributed by atoms with Gasteiger partial charge in [0.25, 0.3) is 0 Å². The van der Waals surface area contributed by atoms with E-state index in [4.69, 9.17) is 4.98 Å². The van der Waals surface area contributed by atoms with E-state index in [1.165, 1.54) is 24.9 Å². The molecule has 0 spiro atoms. The molecule has 4 heteroatoms. The molecule has 3 rings (SSSR count). The number of imidazole rings is 1. The third kappa shape index (κ3) is 2.18. The van der Waals surface area contributed by atoms with Crippen molar-refractivity contribution in [3.63, 3.8) is 0 Å². The van der Waals surface area contributed by atoms with Crippen molar-refractivity contribution in [1.82, 2.24) is 9.97 Å². The van der Waals surface area contributed by atoms with Crippen LogP contribution in [0, 0.1) is 0 Å². The SMILES string of the molecule is CCCCCc1nc2c([nH]1)Nc1ccccc1N2C. The number of rotatable bonds is 4. The van der Waals surface area contributed by atoms with Crippen molar-refractivity contribution in [3.8, 4) is 0 Å². The molecule has 0 bridgehead atoms. The molecule has 1 aliphatic heterocycles. The van der Waals surface area contributed by atoms with Crippen LogP contribution in [-0.2, 0) is 6.42 Å². The fourth-order valence-corrected chi connectivity index (χ4v) is 2.52. The molecule has 1 aliphatic rings. The van der Waals surface area contributed by atoms with Crippen molar-refractivity contribution in [1.29, 1.82) is 0 Å². The second kappa shape index (κ2) is 4.96. The van der Waals surface area contributed by atoms with Crippen molar-refractivity contribution in [2.24, 2.45) is 0 Å². The van der Waals surface area contributed by atoms with Gasteiger partial charge in [0.1, 0.15) is 5.82 Å². The number of unbranched alkanes of at least 4 members (excludes halogenated alkanes) is 2. The van der Waals surface area contributed by atoms with Crippen LogP contribution < -0.4 is 10.2 Å². The molecular formula is C15H20N4. The number of hydrogen-bond donors (Lipinski definition) is 2. The zero-order valence-electron chi connectivity index (χ0n) is 11.5. The maximum Gasteiger partial charge on any atom is 0.176 e. The second-order valence-corrected chi connectivity index (χ2v) is 5.04. The Kier molecular flexibility index (Phi) is 3.15. The molecule has 0 amide bonds. The number of aromatic amines is 1. The van der Waals surface area contributed by atoms with E-state index in [0.29, 0.717) is 0 Å². The third-order valence-corrected chi connectivity index (χ3v) is 3.59. The Morgan fingerprint density at radius 2 is 2.05 bits per heavy atom. The number of aryl methyl sites for hydroxylation is 1. The number of H-pyrrole nitrogens is 1. The summed E-state index contributed by atoms with van der Waals surface area (Å²) < 4.78 is 0. The van der Waals surface area contributed by atoms with Gasteiger partial charge in [0.2, 0.25) is 0 Å². The topological polar surface area (TPSA) is 44.0 Å². The smallest absolute Gasteiger partial charge is 0.176 e. The summed E-state index contributed by atoms with van der Waals surface area (Å²) in [6.45, 7) is 2.22. The van der Waals surface area contributed by atoms with Crippen molar-refractivity contribution in [3.05, 3.63) is 30.1 Å². The first kappa shape index (κ1) is 12.1. The van der Waals surface area contributed by atoms with Gasteiger partial charge < -0.3 is 15.2 Å². The molecule has 0 saturated heterocycles. The van der Waals surface area contributed by atoms with E-state index in [0.717, 1.165) is 29.6 Å². The number of hydrogen-bond acceptors (Lipinski definition) is 3. The Morgan fingerprint density at radius 1 is 1.21 bits per heavy atom. The Hall–Kier alpha value is -1.97. The monoisotopic (exact) mass is 256 g/mol. The molecule has 2 heterocycles. The summed E-state index contributed by atoms with van der Waals surface area (Å²) in [5.41, 5.74) is 2.29. The normalized spacial score (nSPS) is 12.8. The lowest BCUT2D eigenvalue weighted by molar-refractivity contribution is 0.699. The zero-order chi connectivity index (χ0) is 13.2. The van der Waals surface area contributed by atoms with Gasteiger partial charge in [0.05, 0.1) is 11.4 Å². The molecule has 1 aromatic carbocycles. The van der Waals surface area contributed by atoms with E-state index in [1.54, 1.807) is 0 Å². The Bertz CT molecular complexity index is 573. The first-order chi connectivity index (χ1) is 9.29. The fourth-order valence-electron chi connectivity index (χ4n) is 2.52. The van der Waals surface area contributed by atoms with Gasteiger partial charge in [-0.3, -0.25) is 0 Å². The molecule has 0 radical (unpaired) electrons. The Labute approximate surface area is 113 Å². The van der Waals surface area contributed by atoms with Crippen LogP contribution in [0.4, 0.5) is 23.0 Å². The molecule has 0 saturated carbocycles. The van der Waals surface area contributed by atoms with Crippen LogP contribution in [-0.4, -0.2) is 17.0 Å². The summed E-state index contributed by atoms with van der Waals surface area (Å²) >= 11 is 0. The number of fused-ring (bicyclic) bond motifs is 2. The van der Waals surface area contributed by atoms with Crippen molar-refractivity contribution in [2.75, 3.05) is 17.3 Å². The number of para-hydroxylation sites is 2. The summed E-state index contributed by atoms with van der Waals surface area (Å²) in [5, 5.41) is 3.42. The Morgan fingerprint density at radius 3 is 2.89 bits per heavy atom. The molecule has 100 valence electrons. The Balaban J connectivity index is 1.85. The summed E-state index contributed by atoms with van der Waals surface area (Å²) in [5.74, 6) is 3.07. The molecular weight excluding hydrogens is 236 g/mol. The predicted molar refractivity (Wildman–Crippen MR) is 79.6 cm³/mol. The van der Waals surface area contributed by atoms with Gasteiger partial charge in [-0.1, -0.05) is 31.9 Å². The number of nitrogens with zero attached hydrogens (tertiary/aromatic N) is 2. The maximum atomic E-state index is 4.71. The quantitative estimate of drug-likeness (QED) is 0.814. The number of benzene rings is 1. The highest BCUT2D eigenvalue weighted by Crippen LogP contribution is 2.40. The lowest BCUT2D eigenvalue weighted by Gasteiger charge is -2.26. The number of nitrogens with one attached hydrogen (secondary N) is 2. The first-order valence-electron chi connectivity index (χ1n) is 6.98. The van der Waals surface area contributed by atoms with Gasteiger partial charge in [-0.15, -0.1) is 0 Å². The van der Waals surface area contributed by atoms with E-state index < -0.39 is 0 Å². The van der Waals surface area contributed by atoms with Crippen molar-refractivity contribution >= 4 is 23.0 Å². The van der Waals surface area contributed by atoms with E-state index in [-0.39, 0.29) is 0 Å². The van der Waals surface area contributed by atoms with E-state index in [1.807, 2.05) is 6.07 Å². The van der Waals surface area contributed by atoms with Gasteiger partial charge in [-0.25, -0.2) is 4.98 Å². The standard InChI is InChI=1S/C15H20N4/c1-3-4-5-10-13-17-14-15(18-13)19(2)12-9-7-6-8-11(12)16-14/h6-9,16H,3-5,10H2,1-2H3,(H,17,18). The van der Waals surface area contributed by atoms with E-state index >= 15 is 0 Å². The summed E-state index contributed by atoms with van der Waals surface area (Å²) in [6, 6.07) is 8.29. The molecule has 1 aromatic heterocycles. The van der Waals surface area contributed by atoms with Crippen LogP contribution in [0.15, 0.2) is 24.3 Å². The summed E-state index contributed by atoms with van der Waals surface area (Å²) in [4.78, 5) is 10.3. The minimum Gasteiger partial charge on any atom is -0.337 e. The maximum absolute atomic E-state index is 4.71. The van der Waals surface area contributed by atoms with E-state index in [9.17, 15) is 0 Å². The molecule has 0 unspecified atom stereocenters. The molecule has 2 N–H and O–H groups in total. The first-order valence-corrected chi connectivity index (χ1v) is 6.98. The molecule has 4 nitrogen and oxygen atoms in total. The molecule has 19 heavy (non-hydrogen) atoms. The average molecular weight is 256 g/mol. The van der Waals surface area contributed by atoms with Crippen LogP contribution in [0.1, 0.15) is 32.0 Å². The highest BCUT2D eigenvalue weighted by molar-refractivity contribution is 5.88. The van der Waals surface area contributed by atoms with Crippen LogP contribution in [0.25, 0.3) is 0 Å². The van der Waals surface area contributed by atoms with Gasteiger partial charge in [-0.2, -0.15) is 0 Å². The highest BCUT2D eigenvalue weighted by Gasteiger charge is 2.22. The minimum absolute atomic E-state index is 0.991. The minimum atomic E-state index is 0.991. The number of anilines is 4. The molecule has 2 aromatic rings. The van der Waals surface area contributed by atoms with Crippen LogP contribution in [0.3, 0.4) is 0 Å². The largest absolute Gasteiger partial charge is 0.337 e. The number of aromatic nitrogens is 2.